The molecule has 0 saturated heterocycles. The maximum absolute atomic E-state index is 14.0. The third-order valence-electron chi connectivity index (χ3n) is 7.36. The summed E-state index contributed by atoms with van der Waals surface area (Å²) in [5.41, 5.74) is 1.95. The third-order valence-corrected chi connectivity index (χ3v) is 9.65. The van der Waals surface area contributed by atoms with E-state index >= 15 is 0 Å². The van der Waals surface area contributed by atoms with E-state index in [1.54, 1.807) is 49.4 Å². The van der Waals surface area contributed by atoms with Gasteiger partial charge >= 0.3 is 0 Å². The molecule has 218 valence electrons. The Hall–Kier alpha value is -3.07. The normalized spacial score (nSPS) is 14.7. The molecule has 3 aromatic carbocycles. The summed E-state index contributed by atoms with van der Waals surface area (Å²) in [5.74, 6) is -0.771. The molecule has 3 aromatic rings. The summed E-state index contributed by atoms with van der Waals surface area (Å²) in [6, 6.07) is 19.0. The molecule has 2 amide bonds. The van der Waals surface area contributed by atoms with Crippen LogP contribution >= 0.6 is 23.2 Å². The Bertz CT molecular complexity index is 1460. The van der Waals surface area contributed by atoms with Crippen LogP contribution in [0.1, 0.15) is 50.2 Å². The number of carbonyl (C=O) groups excluding carboxylic acids is 2. The average Bonchev–Trinajstić information content (AvgIpc) is 2.95. The van der Waals surface area contributed by atoms with Crippen LogP contribution in [0.25, 0.3) is 0 Å². The first-order valence-corrected chi connectivity index (χ1v) is 15.9. The average molecular weight is 617 g/mol. The molecule has 0 aliphatic heterocycles. The van der Waals surface area contributed by atoms with E-state index in [0.717, 1.165) is 47.5 Å². The van der Waals surface area contributed by atoms with Crippen molar-refractivity contribution >= 4 is 50.7 Å². The van der Waals surface area contributed by atoms with E-state index in [-0.39, 0.29) is 23.4 Å². The van der Waals surface area contributed by atoms with Gasteiger partial charge in [-0.2, -0.15) is 0 Å². The Morgan fingerprint density at radius 1 is 0.927 bits per heavy atom. The van der Waals surface area contributed by atoms with E-state index in [0.29, 0.717) is 15.7 Å². The number of aryl methyl sites for hydroxylation is 1. The molecule has 1 saturated carbocycles. The number of nitrogens with one attached hydrogen (secondary N) is 1. The summed E-state index contributed by atoms with van der Waals surface area (Å²) in [4.78, 5) is 28.9. The van der Waals surface area contributed by atoms with Crippen LogP contribution in [0.4, 0.5) is 5.69 Å². The zero-order valence-corrected chi connectivity index (χ0v) is 25.6. The van der Waals surface area contributed by atoms with Crippen molar-refractivity contribution in [2.24, 2.45) is 0 Å². The van der Waals surface area contributed by atoms with Crippen molar-refractivity contribution in [1.29, 1.82) is 0 Å². The summed E-state index contributed by atoms with van der Waals surface area (Å²) in [5, 5.41) is 4.05. The van der Waals surface area contributed by atoms with E-state index < -0.39 is 28.5 Å². The minimum atomic E-state index is -4.15. The predicted molar refractivity (Wildman–Crippen MR) is 164 cm³/mol. The first kappa shape index (κ1) is 30.9. The number of hydrogen-bond donors (Lipinski definition) is 1. The second kappa shape index (κ2) is 13.7. The molecule has 7 nitrogen and oxygen atoms in total. The van der Waals surface area contributed by atoms with Gasteiger partial charge in [0.25, 0.3) is 10.0 Å². The highest BCUT2D eigenvalue weighted by atomic mass is 35.5. The van der Waals surface area contributed by atoms with Gasteiger partial charge in [-0.3, -0.25) is 13.9 Å². The summed E-state index contributed by atoms with van der Waals surface area (Å²) >= 11 is 12.1. The lowest BCUT2D eigenvalue weighted by molar-refractivity contribution is -0.139. The van der Waals surface area contributed by atoms with Crippen LogP contribution in [0.15, 0.2) is 77.7 Å². The van der Waals surface area contributed by atoms with Gasteiger partial charge in [0.1, 0.15) is 12.6 Å². The first-order chi connectivity index (χ1) is 19.5. The van der Waals surface area contributed by atoms with Crippen molar-refractivity contribution in [1.82, 2.24) is 10.2 Å². The molecule has 41 heavy (non-hydrogen) atoms. The number of halogens is 2. The summed E-state index contributed by atoms with van der Waals surface area (Å²) in [6.07, 6.45) is 5.08. The molecule has 0 heterocycles. The van der Waals surface area contributed by atoms with E-state index in [1.807, 2.05) is 13.0 Å². The Morgan fingerprint density at radius 2 is 1.54 bits per heavy atom. The largest absolute Gasteiger partial charge is 0.352 e. The van der Waals surface area contributed by atoms with Gasteiger partial charge in [0.15, 0.2) is 0 Å². The maximum Gasteiger partial charge on any atom is 0.264 e. The van der Waals surface area contributed by atoms with Crippen molar-refractivity contribution in [3.8, 4) is 0 Å². The fraction of sp³-hybridized carbons (Fsp3) is 0.355. The fourth-order valence-corrected chi connectivity index (χ4v) is 6.64. The number of carbonyl (C=O) groups is 2. The zero-order chi connectivity index (χ0) is 29.6. The molecule has 0 radical (unpaired) electrons. The van der Waals surface area contributed by atoms with Gasteiger partial charge in [0, 0.05) is 22.6 Å². The Labute approximate surface area is 252 Å². The number of nitrogens with zero attached hydrogens (tertiary/aromatic N) is 2. The van der Waals surface area contributed by atoms with E-state index in [2.05, 4.69) is 5.32 Å². The highest BCUT2D eigenvalue weighted by molar-refractivity contribution is 7.92. The quantitative estimate of drug-likeness (QED) is 0.287. The van der Waals surface area contributed by atoms with Crippen LogP contribution in [0.3, 0.4) is 0 Å². The monoisotopic (exact) mass is 615 g/mol. The lowest BCUT2D eigenvalue weighted by Crippen LogP contribution is -2.53. The van der Waals surface area contributed by atoms with E-state index in [4.69, 9.17) is 23.2 Å². The number of benzene rings is 3. The SMILES string of the molecule is Cc1cccc(N(CC(=O)N(Cc2ccc(Cl)cc2)[C@@H](C)C(=O)NC2CCCCC2)S(=O)(=O)c2ccc(Cl)cc2)c1. The third kappa shape index (κ3) is 8.03. The summed E-state index contributed by atoms with van der Waals surface area (Å²) < 4.78 is 28.9. The molecule has 1 fully saturated rings. The molecular formula is C31H35Cl2N3O4S. The van der Waals surface area contributed by atoms with Crippen LogP contribution in [-0.2, 0) is 26.2 Å². The van der Waals surface area contributed by atoms with Gasteiger partial charge in [-0.15, -0.1) is 0 Å². The van der Waals surface area contributed by atoms with Crippen LogP contribution in [0, 0.1) is 6.92 Å². The summed E-state index contributed by atoms with van der Waals surface area (Å²) in [6.45, 7) is 3.14. The maximum atomic E-state index is 14.0. The standard InChI is InChI=1S/C31H35Cl2N3O4S/c1-22-7-6-10-28(19-22)36(41(39,40)29-17-15-26(33)16-18-29)21-30(37)35(20-24-11-13-25(32)14-12-24)23(2)31(38)34-27-8-4-3-5-9-27/h6-7,10-19,23,27H,3-5,8-9,20-21H2,1-2H3,(H,34,38)/t23-/m0/s1. The van der Waals surface area contributed by atoms with Crippen molar-refractivity contribution in [3.05, 3.63) is 94.0 Å². The van der Waals surface area contributed by atoms with Crippen molar-refractivity contribution in [2.75, 3.05) is 10.8 Å². The van der Waals surface area contributed by atoms with Crippen LogP contribution in [0.2, 0.25) is 10.0 Å². The Morgan fingerprint density at radius 3 is 2.15 bits per heavy atom. The predicted octanol–water partition coefficient (Wildman–Crippen LogP) is 6.36. The first-order valence-electron chi connectivity index (χ1n) is 13.7. The Kier molecular flexibility index (Phi) is 10.3. The van der Waals surface area contributed by atoms with Crippen molar-refractivity contribution < 1.29 is 18.0 Å². The topological polar surface area (TPSA) is 86.8 Å². The minimum Gasteiger partial charge on any atom is -0.352 e. The smallest absolute Gasteiger partial charge is 0.264 e. The van der Waals surface area contributed by atoms with E-state index in [1.165, 1.54) is 29.2 Å². The second-order valence-corrected chi connectivity index (χ2v) is 13.2. The number of amides is 2. The Balaban J connectivity index is 1.67. The van der Waals surface area contributed by atoms with Crippen LogP contribution in [0.5, 0.6) is 0 Å². The van der Waals surface area contributed by atoms with Gasteiger partial charge in [0.2, 0.25) is 11.8 Å². The van der Waals surface area contributed by atoms with Gasteiger partial charge < -0.3 is 10.2 Å². The zero-order valence-electron chi connectivity index (χ0n) is 23.2. The number of sulfonamides is 1. The molecule has 10 heteroatoms. The number of hydrogen-bond acceptors (Lipinski definition) is 4. The van der Waals surface area contributed by atoms with Crippen molar-refractivity contribution in [2.45, 2.75) is 69.5 Å². The van der Waals surface area contributed by atoms with Gasteiger partial charge in [-0.25, -0.2) is 8.42 Å². The minimum absolute atomic E-state index is 0.00328. The number of rotatable bonds is 10. The fourth-order valence-electron chi connectivity index (χ4n) is 4.98. The van der Waals surface area contributed by atoms with Crippen LogP contribution in [-0.4, -0.2) is 43.8 Å². The molecule has 1 aliphatic carbocycles. The van der Waals surface area contributed by atoms with Gasteiger partial charge in [-0.05, 0) is 86.3 Å². The molecule has 1 N–H and O–H groups in total. The molecule has 1 aliphatic rings. The molecular weight excluding hydrogens is 581 g/mol. The lowest BCUT2D eigenvalue weighted by atomic mass is 9.95. The highest BCUT2D eigenvalue weighted by Crippen LogP contribution is 2.26. The molecule has 0 spiro atoms. The van der Waals surface area contributed by atoms with E-state index in [9.17, 15) is 18.0 Å². The molecule has 4 rings (SSSR count). The lowest BCUT2D eigenvalue weighted by Gasteiger charge is -2.33. The van der Waals surface area contributed by atoms with Gasteiger partial charge in [0.05, 0.1) is 10.6 Å². The van der Waals surface area contributed by atoms with Gasteiger partial charge in [-0.1, -0.05) is 66.7 Å². The second-order valence-electron chi connectivity index (χ2n) is 10.5. The molecule has 1 atom stereocenters. The molecule has 0 bridgehead atoms. The number of anilines is 1. The molecule has 0 unspecified atom stereocenters. The van der Waals surface area contributed by atoms with Crippen LogP contribution < -0.4 is 9.62 Å². The highest BCUT2D eigenvalue weighted by Gasteiger charge is 2.33. The van der Waals surface area contributed by atoms with Crippen molar-refractivity contribution in [3.63, 3.8) is 0 Å². The summed E-state index contributed by atoms with van der Waals surface area (Å²) in [7, 11) is -4.15. The molecule has 0 aromatic heterocycles.